The van der Waals surface area contributed by atoms with E-state index in [0.717, 1.165) is 12.0 Å². The first-order valence-corrected chi connectivity index (χ1v) is 4.97. The zero-order chi connectivity index (χ0) is 9.84. The molecule has 0 aliphatic rings. The Morgan fingerprint density at radius 3 is 2.38 bits per heavy atom. The van der Waals surface area contributed by atoms with Crippen molar-refractivity contribution in [2.75, 3.05) is 0 Å². The van der Waals surface area contributed by atoms with Crippen LogP contribution in [0, 0.1) is 0 Å². The molecule has 0 radical (unpaired) electrons. The maximum Gasteiger partial charge on any atom is 0.335 e. The van der Waals surface area contributed by atoms with Gasteiger partial charge >= 0.3 is 5.97 Å². The van der Waals surface area contributed by atoms with Crippen LogP contribution in [0.25, 0.3) is 0 Å². The summed E-state index contributed by atoms with van der Waals surface area (Å²) < 4.78 is 0. The SMILES string of the molecule is CC(Br)Cc1ccc(C(=O)O)cc1. The molecule has 13 heavy (non-hydrogen) atoms. The first-order valence-electron chi connectivity index (χ1n) is 4.06. The number of aromatic carboxylic acids is 1. The molecule has 0 amide bonds. The van der Waals surface area contributed by atoms with Crippen molar-refractivity contribution in [3.8, 4) is 0 Å². The fourth-order valence-electron chi connectivity index (χ4n) is 1.11. The van der Waals surface area contributed by atoms with Crippen LogP contribution in [0.2, 0.25) is 0 Å². The lowest BCUT2D eigenvalue weighted by Crippen LogP contribution is -1.99. The molecule has 1 atom stereocenters. The maximum absolute atomic E-state index is 10.5. The number of carboxylic acids is 1. The summed E-state index contributed by atoms with van der Waals surface area (Å²) in [6.45, 7) is 2.06. The fourth-order valence-corrected chi connectivity index (χ4v) is 1.48. The molecule has 0 saturated heterocycles. The molecule has 0 heterocycles. The second-order valence-electron chi connectivity index (χ2n) is 2.99. The smallest absolute Gasteiger partial charge is 0.335 e. The Balaban J connectivity index is 2.75. The van der Waals surface area contributed by atoms with Crippen LogP contribution in [0.5, 0.6) is 0 Å². The van der Waals surface area contributed by atoms with Gasteiger partial charge in [-0.1, -0.05) is 35.0 Å². The summed E-state index contributed by atoms with van der Waals surface area (Å²) in [5.41, 5.74) is 1.49. The van der Waals surface area contributed by atoms with Crippen LogP contribution < -0.4 is 0 Å². The Hall–Kier alpha value is -0.830. The van der Waals surface area contributed by atoms with E-state index in [1.165, 1.54) is 0 Å². The number of benzene rings is 1. The first kappa shape index (κ1) is 10.3. The Labute approximate surface area is 85.7 Å². The van der Waals surface area contributed by atoms with Gasteiger partial charge < -0.3 is 5.11 Å². The highest BCUT2D eigenvalue weighted by atomic mass is 79.9. The molecular weight excluding hydrogens is 232 g/mol. The molecule has 70 valence electrons. The number of carbonyl (C=O) groups is 1. The molecule has 1 aromatic carbocycles. The predicted molar refractivity (Wildman–Crippen MR) is 55.5 cm³/mol. The number of halogens is 1. The molecular formula is C10H11BrO2. The quantitative estimate of drug-likeness (QED) is 0.828. The van der Waals surface area contributed by atoms with E-state index in [2.05, 4.69) is 22.9 Å². The highest BCUT2D eigenvalue weighted by molar-refractivity contribution is 9.09. The second-order valence-corrected chi connectivity index (χ2v) is 4.55. The van der Waals surface area contributed by atoms with Gasteiger partial charge in [-0.25, -0.2) is 4.79 Å². The molecule has 0 fully saturated rings. The van der Waals surface area contributed by atoms with Gasteiger partial charge in [-0.15, -0.1) is 0 Å². The van der Waals surface area contributed by atoms with Gasteiger partial charge in [-0.05, 0) is 24.1 Å². The summed E-state index contributed by atoms with van der Waals surface area (Å²) in [6, 6.07) is 6.96. The molecule has 1 aromatic rings. The van der Waals surface area contributed by atoms with E-state index < -0.39 is 5.97 Å². The maximum atomic E-state index is 10.5. The summed E-state index contributed by atoms with van der Waals surface area (Å²) >= 11 is 3.44. The molecule has 0 aliphatic carbocycles. The van der Waals surface area contributed by atoms with Crippen LogP contribution in [-0.2, 0) is 6.42 Å². The Morgan fingerprint density at radius 1 is 1.46 bits per heavy atom. The van der Waals surface area contributed by atoms with Gasteiger partial charge in [-0.3, -0.25) is 0 Å². The van der Waals surface area contributed by atoms with Crippen LogP contribution >= 0.6 is 15.9 Å². The molecule has 1 rings (SSSR count). The zero-order valence-electron chi connectivity index (χ0n) is 7.33. The topological polar surface area (TPSA) is 37.3 Å². The van der Waals surface area contributed by atoms with E-state index in [9.17, 15) is 4.79 Å². The number of hydrogen-bond acceptors (Lipinski definition) is 1. The van der Waals surface area contributed by atoms with E-state index in [0.29, 0.717) is 10.4 Å². The minimum atomic E-state index is -0.876. The average molecular weight is 243 g/mol. The van der Waals surface area contributed by atoms with E-state index in [4.69, 9.17) is 5.11 Å². The zero-order valence-corrected chi connectivity index (χ0v) is 8.91. The van der Waals surface area contributed by atoms with E-state index in [1.807, 2.05) is 12.1 Å². The minimum Gasteiger partial charge on any atom is -0.478 e. The molecule has 2 nitrogen and oxygen atoms in total. The fraction of sp³-hybridized carbons (Fsp3) is 0.300. The third-order valence-electron chi connectivity index (χ3n) is 1.72. The van der Waals surface area contributed by atoms with Crippen LogP contribution in [0.1, 0.15) is 22.8 Å². The summed E-state index contributed by atoms with van der Waals surface area (Å²) in [6.07, 6.45) is 0.917. The standard InChI is InChI=1S/C10H11BrO2/c1-7(11)6-8-2-4-9(5-3-8)10(12)13/h2-5,7H,6H2,1H3,(H,12,13). The molecule has 0 spiro atoms. The van der Waals surface area contributed by atoms with Crippen molar-refractivity contribution < 1.29 is 9.90 Å². The van der Waals surface area contributed by atoms with Gasteiger partial charge in [0.1, 0.15) is 0 Å². The molecule has 1 N–H and O–H groups in total. The van der Waals surface area contributed by atoms with Gasteiger partial charge in [0.15, 0.2) is 0 Å². The van der Waals surface area contributed by atoms with Gasteiger partial charge in [0.2, 0.25) is 0 Å². The number of alkyl halides is 1. The Bertz CT molecular complexity index is 290. The second kappa shape index (κ2) is 4.42. The van der Waals surface area contributed by atoms with Crippen molar-refractivity contribution in [3.05, 3.63) is 35.4 Å². The van der Waals surface area contributed by atoms with Crippen molar-refractivity contribution in [1.29, 1.82) is 0 Å². The van der Waals surface area contributed by atoms with Crippen molar-refractivity contribution in [2.24, 2.45) is 0 Å². The minimum absolute atomic E-state index is 0.339. The van der Waals surface area contributed by atoms with Crippen LogP contribution in [0.15, 0.2) is 24.3 Å². The number of rotatable bonds is 3. The van der Waals surface area contributed by atoms with Crippen molar-refractivity contribution in [1.82, 2.24) is 0 Å². The Morgan fingerprint density at radius 2 is 2.00 bits per heavy atom. The van der Waals surface area contributed by atoms with Crippen LogP contribution in [-0.4, -0.2) is 15.9 Å². The lowest BCUT2D eigenvalue weighted by atomic mass is 10.1. The average Bonchev–Trinajstić information content (AvgIpc) is 2.04. The summed E-state index contributed by atoms with van der Waals surface area (Å²) in [5, 5.41) is 8.65. The van der Waals surface area contributed by atoms with Gasteiger partial charge in [-0.2, -0.15) is 0 Å². The van der Waals surface area contributed by atoms with E-state index in [1.54, 1.807) is 12.1 Å². The van der Waals surface area contributed by atoms with Crippen molar-refractivity contribution in [3.63, 3.8) is 0 Å². The predicted octanol–water partition coefficient (Wildman–Crippen LogP) is 2.71. The van der Waals surface area contributed by atoms with E-state index >= 15 is 0 Å². The molecule has 0 bridgehead atoms. The van der Waals surface area contributed by atoms with Crippen LogP contribution in [0.3, 0.4) is 0 Å². The molecule has 0 saturated carbocycles. The number of carboxylic acid groups (broad SMARTS) is 1. The molecule has 0 aromatic heterocycles. The van der Waals surface area contributed by atoms with Crippen LogP contribution in [0.4, 0.5) is 0 Å². The number of hydrogen-bond donors (Lipinski definition) is 1. The lowest BCUT2D eigenvalue weighted by Gasteiger charge is -2.03. The third kappa shape index (κ3) is 3.19. The summed E-state index contributed by atoms with van der Waals surface area (Å²) in [5.74, 6) is -0.876. The highest BCUT2D eigenvalue weighted by Gasteiger charge is 2.02. The molecule has 1 unspecified atom stereocenters. The third-order valence-corrected chi connectivity index (χ3v) is 2.04. The Kier molecular flexibility index (Phi) is 3.48. The monoisotopic (exact) mass is 242 g/mol. The van der Waals surface area contributed by atoms with Crippen molar-refractivity contribution >= 4 is 21.9 Å². The van der Waals surface area contributed by atoms with Gasteiger partial charge in [0.05, 0.1) is 5.56 Å². The lowest BCUT2D eigenvalue weighted by molar-refractivity contribution is 0.0697. The molecule has 3 heteroatoms. The van der Waals surface area contributed by atoms with Gasteiger partial charge in [0.25, 0.3) is 0 Å². The first-order chi connectivity index (χ1) is 6.09. The summed E-state index contributed by atoms with van der Waals surface area (Å²) in [7, 11) is 0. The summed E-state index contributed by atoms with van der Waals surface area (Å²) in [4.78, 5) is 10.9. The largest absolute Gasteiger partial charge is 0.478 e. The normalized spacial score (nSPS) is 12.5. The van der Waals surface area contributed by atoms with Crippen molar-refractivity contribution in [2.45, 2.75) is 18.2 Å². The van der Waals surface area contributed by atoms with Gasteiger partial charge in [0, 0.05) is 4.83 Å². The molecule has 0 aliphatic heterocycles. The van der Waals surface area contributed by atoms with E-state index in [-0.39, 0.29) is 0 Å². The highest BCUT2D eigenvalue weighted by Crippen LogP contribution is 2.10.